The van der Waals surface area contributed by atoms with E-state index in [1.165, 1.54) is 6.08 Å². The zero-order chi connectivity index (χ0) is 13.7. The Labute approximate surface area is 95.9 Å². The summed E-state index contributed by atoms with van der Waals surface area (Å²) in [6, 6.07) is -1.66. The first-order chi connectivity index (χ1) is 7.64. The minimum absolute atomic E-state index is 0.202. The van der Waals surface area contributed by atoms with Gasteiger partial charge in [-0.05, 0) is 26.3 Å². The first-order valence-electron chi connectivity index (χ1n) is 5.06. The number of halogens is 6. The molecule has 0 amide bonds. The first-order valence-corrected chi connectivity index (χ1v) is 5.06. The van der Waals surface area contributed by atoms with Crippen LogP contribution in [0.25, 0.3) is 0 Å². The standard InChI is InChI=1S/C10H15F6N/c1-3-4-5-6-7(17-2)8(9(11,12)13)10(14,15)16/h3,7-8,17H,1,4-6H2,2H3. The van der Waals surface area contributed by atoms with E-state index in [0.29, 0.717) is 6.42 Å². The number of hydrogen-bond donors (Lipinski definition) is 1. The Bertz CT molecular complexity index is 218. The van der Waals surface area contributed by atoms with Gasteiger partial charge in [0.15, 0.2) is 5.92 Å². The number of alkyl halides is 6. The van der Waals surface area contributed by atoms with Crippen LogP contribution in [-0.2, 0) is 0 Å². The van der Waals surface area contributed by atoms with E-state index in [1.807, 2.05) is 0 Å². The topological polar surface area (TPSA) is 12.0 Å². The number of nitrogens with one attached hydrogen (secondary N) is 1. The lowest BCUT2D eigenvalue weighted by Crippen LogP contribution is -2.50. The van der Waals surface area contributed by atoms with Gasteiger partial charge in [-0.25, -0.2) is 0 Å². The molecule has 0 heterocycles. The summed E-state index contributed by atoms with van der Waals surface area (Å²) in [6.07, 6.45) is -8.70. The maximum atomic E-state index is 12.4. The van der Waals surface area contributed by atoms with Crippen molar-refractivity contribution in [3.8, 4) is 0 Å². The Morgan fingerprint density at radius 3 is 1.88 bits per heavy atom. The third-order valence-electron chi connectivity index (χ3n) is 2.40. The van der Waals surface area contributed by atoms with Crippen LogP contribution in [0.4, 0.5) is 26.3 Å². The second-order valence-corrected chi connectivity index (χ2v) is 3.68. The number of unbranched alkanes of at least 4 members (excludes halogenated alkanes) is 1. The van der Waals surface area contributed by atoms with E-state index in [4.69, 9.17) is 0 Å². The number of rotatable bonds is 6. The van der Waals surface area contributed by atoms with Crippen molar-refractivity contribution in [3.63, 3.8) is 0 Å². The molecule has 0 aliphatic rings. The van der Waals surface area contributed by atoms with Crippen molar-refractivity contribution < 1.29 is 26.3 Å². The maximum Gasteiger partial charge on any atom is 0.401 e. The van der Waals surface area contributed by atoms with Gasteiger partial charge in [0.1, 0.15) is 0 Å². The molecule has 0 radical (unpaired) electrons. The molecule has 1 N–H and O–H groups in total. The van der Waals surface area contributed by atoms with E-state index >= 15 is 0 Å². The molecule has 17 heavy (non-hydrogen) atoms. The van der Waals surface area contributed by atoms with Crippen LogP contribution in [0.15, 0.2) is 12.7 Å². The Morgan fingerprint density at radius 2 is 1.59 bits per heavy atom. The summed E-state index contributed by atoms with van der Waals surface area (Å²) in [5.74, 6) is -3.33. The molecule has 1 atom stereocenters. The van der Waals surface area contributed by atoms with Crippen molar-refractivity contribution in [3.05, 3.63) is 12.7 Å². The largest absolute Gasteiger partial charge is 0.401 e. The van der Waals surface area contributed by atoms with Crippen molar-refractivity contribution in [2.75, 3.05) is 7.05 Å². The fraction of sp³-hybridized carbons (Fsp3) is 0.800. The molecule has 102 valence electrons. The van der Waals surface area contributed by atoms with Crippen molar-refractivity contribution in [2.24, 2.45) is 5.92 Å². The SMILES string of the molecule is C=CCCCC(NC)C(C(F)(F)F)C(F)(F)F. The van der Waals surface area contributed by atoms with Gasteiger partial charge in [-0.2, -0.15) is 26.3 Å². The Balaban J connectivity index is 4.81. The van der Waals surface area contributed by atoms with Gasteiger partial charge in [-0.1, -0.05) is 6.08 Å². The van der Waals surface area contributed by atoms with Crippen LogP contribution in [-0.4, -0.2) is 25.4 Å². The molecule has 0 saturated heterocycles. The number of allylic oxidation sites excluding steroid dienone is 1. The highest BCUT2D eigenvalue weighted by Crippen LogP contribution is 2.42. The molecule has 0 aromatic heterocycles. The van der Waals surface area contributed by atoms with Crippen LogP contribution in [0.5, 0.6) is 0 Å². The number of hydrogen-bond acceptors (Lipinski definition) is 1. The minimum atomic E-state index is -5.29. The van der Waals surface area contributed by atoms with Gasteiger partial charge in [-0.3, -0.25) is 0 Å². The first kappa shape index (κ1) is 16.3. The van der Waals surface area contributed by atoms with Crippen molar-refractivity contribution in [2.45, 2.75) is 37.7 Å². The molecule has 0 aliphatic heterocycles. The summed E-state index contributed by atoms with van der Waals surface area (Å²) < 4.78 is 74.3. The van der Waals surface area contributed by atoms with Crippen LogP contribution in [0, 0.1) is 5.92 Å². The lowest BCUT2D eigenvalue weighted by atomic mass is 9.93. The second kappa shape index (κ2) is 6.28. The van der Waals surface area contributed by atoms with Crippen molar-refractivity contribution >= 4 is 0 Å². The zero-order valence-electron chi connectivity index (χ0n) is 9.33. The predicted octanol–water partition coefficient (Wildman–Crippen LogP) is 3.67. The van der Waals surface area contributed by atoms with Gasteiger partial charge in [0.25, 0.3) is 0 Å². The molecule has 7 heteroatoms. The summed E-state index contributed by atoms with van der Waals surface area (Å²) in [7, 11) is 1.10. The summed E-state index contributed by atoms with van der Waals surface area (Å²) in [6.45, 7) is 3.36. The molecule has 0 rings (SSSR count). The van der Waals surface area contributed by atoms with Crippen LogP contribution in [0.3, 0.4) is 0 Å². The third kappa shape index (κ3) is 5.43. The average molecular weight is 263 g/mol. The van der Waals surface area contributed by atoms with Crippen LogP contribution in [0.2, 0.25) is 0 Å². The molecular weight excluding hydrogens is 248 g/mol. The predicted molar refractivity (Wildman–Crippen MR) is 52.5 cm³/mol. The fourth-order valence-corrected chi connectivity index (χ4v) is 1.60. The maximum absolute atomic E-state index is 12.4. The third-order valence-corrected chi connectivity index (χ3v) is 2.40. The van der Waals surface area contributed by atoms with E-state index < -0.39 is 24.3 Å². The summed E-state index contributed by atoms with van der Waals surface area (Å²) in [5, 5.41) is 2.10. The van der Waals surface area contributed by atoms with Crippen LogP contribution >= 0.6 is 0 Å². The molecule has 1 nitrogen and oxygen atoms in total. The van der Waals surface area contributed by atoms with Crippen molar-refractivity contribution in [1.29, 1.82) is 0 Å². The van der Waals surface area contributed by atoms with Crippen LogP contribution in [0.1, 0.15) is 19.3 Å². The zero-order valence-corrected chi connectivity index (χ0v) is 9.33. The smallest absolute Gasteiger partial charge is 0.316 e. The normalized spacial score (nSPS) is 15.1. The molecule has 0 aliphatic carbocycles. The van der Waals surface area contributed by atoms with Gasteiger partial charge in [0.05, 0.1) is 0 Å². The molecule has 0 saturated carbocycles. The van der Waals surface area contributed by atoms with Gasteiger partial charge in [-0.15, -0.1) is 6.58 Å². The van der Waals surface area contributed by atoms with E-state index in [-0.39, 0.29) is 12.8 Å². The van der Waals surface area contributed by atoms with E-state index in [1.54, 1.807) is 0 Å². The molecule has 1 unspecified atom stereocenters. The van der Waals surface area contributed by atoms with Gasteiger partial charge in [0.2, 0.25) is 0 Å². The van der Waals surface area contributed by atoms with Gasteiger partial charge in [0, 0.05) is 6.04 Å². The van der Waals surface area contributed by atoms with E-state index in [2.05, 4.69) is 11.9 Å². The average Bonchev–Trinajstić information content (AvgIpc) is 2.12. The summed E-state index contributed by atoms with van der Waals surface area (Å²) in [5.41, 5.74) is 0. The highest BCUT2D eigenvalue weighted by atomic mass is 19.4. The van der Waals surface area contributed by atoms with E-state index in [0.717, 1.165) is 7.05 Å². The highest BCUT2D eigenvalue weighted by molar-refractivity contribution is 4.86. The summed E-state index contributed by atoms with van der Waals surface area (Å²) >= 11 is 0. The second-order valence-electron chi connectivity index (χ2n) is 3.68. The Morgan fingerprint density at radius 1 is 1.12 bits per heavy atom. The lowest BCUT2D eigenvalue weighted by Gasteiger charge is -2.30. The van der Waals surface area contributed by atoms with Gasteiger partial charge >= 0.3 is 12.4 Å². The lowest BCUT2D eigenvalue weighted by molar-refractivity contribution is -0.291. The molecule has 0 aromatic carbocycles. The Kier molecular flexibility index (Phi) is 6.01. The molecule has 0 spiro atoms. The van der Waals surface area contributed by atoms with E-state index in [9.17, 15) is 26.3 Å². The monoisotopic (exact) mass is 263 g/mol. The molecule has 0 aromatic rings. The molecule has 0 bridgehead atoms. The van der Waals surface area contributed by atoms with Gasteiger partial charge < -0.3 is 5.32 Å². The minimum Gasteiger partial charge on any atom is -0.316 e. The molecule has 0 fully saturated rings. The Hall–Kier alpha value is -0.720. The highest BCUT2D eigenvalue weighted by Gasteiger charge is 2.59. The summed E-state index contributed by atoms with van der Waals surface area (Å²) in [4.78, 5) is 0. The quantitative estimate of drug-likeness (QED) is 0.438. The van der Waals surface area contributed by atoms with Crippen LogP contribution < -0.4 is 5.32 Å². The fourth-order valence-electron chi connectivity index (χ4n) is 1.60. The molecular formula is C10H15F6N. The van der Waals surface area contributed by atoms with Crippen molar-refractivity contribution in [1.82, 2.24) is 5.32 Å².